The van der Waals surface area contributed by atoms with E-state index < -0.39 is 18.7 Å². The van der Waals surface area contributed by atoms with Gasteiger partial charge in [0.1, 0.15) is 6.54 Å². The minimum absolute atomic E-state index is 0.142. The first-order valence-corrected chi connectivity index (χ1v) is 3.59. The van der Waals surface area contributed by atoms with E-state index >= 15 is 0 Å². The lowest BCUT2D eigenvalue weighted by molar-refractivity contribution is -0.140. The highest BCUT2D eigenvalue weighted by molar-refractivity contribution is 5.86. The third-order valence-electron chi connectivity index (χ3n) is 1.39. The van der Waals surface area contributed by atoms with Crippen LogP contribution in [-0.2, 0) is 11.3 Å². The molecule has 0 aliphatic heterocycles. The highest BCUT2D eigenvalue weighted by Crippen LogP contribution is 2.17. The molecule has 1 aromatic heterocycles. The predicted octanol–water partition coefficient (Wildman–Crippen LogP) is 1.23. The summed E-state index contributed by atoms with van der Waals surface area (Å²) in [6, 6.07) is 0. The zero-order valence-electron chi connectivity index (χ0n) is 7.21. The van der Waals surface area contributed by atoms with Gasteiger partial charge in [-0.2, -0.15) is 13.2 Å². The number of aromatic nitrogens is 2. The molecule has 78 valence electrons. The Labute approximate surface area is 77.3 Å². The Hall–Kier alpha value is -1.53. The number of carbonyl (C=O) groups is 1. The summed E-state index contributed by atoms with van der Waals surface area (Å²) in [7, 11) is 1.13. The largest absolute Gasteiger partial charge is 0.464 e. The normalized spacial score (nSPS) is 11.4. The molecule has 0 N–H and O–H groups in total. The predicted molar refractivity (Wildman–Crippen MR) is 39.6 cm³/mol. The van der Waals surface area contributed by atoms with Crippen LogP contribution < -0.4 is 0 Å². The summed E-state index contributed by atoms with van der Waals surface area (Å²) in [5, 5.41) is 0. The number of hydrogen-bond donors (Lipinski definition) is 0. The van der Waals surface area contributed by atoms with Crippen molar-refractivity contribution in [1.29, 1.82) is 0 Å². The summed E-state index contributed by atoms with van der Waals surface area (Å²) >= 11 is 0. The molecule has 0 bridgehead atoms. The van der Waals surface area contributed by atoms with Gasteiger partial charge in [0.05, 0.1) is 13.4 Å². The number of halogens is 3. The van der Waals surface area contributed by atoms with Crippen LogP contribution in [0.5, 0.6) is 0 Å². The minimum Gasteiger partial charge on any atom is -0.464 e. The Kier molecular flexibility index (Phi) is 2.78. The van der Waals surface area contributed by atoms with Gasteiger partial charge >= 0.3 is 12.1 Å². The van der Waals surface area contributed by atoms with E-state index in [4.69, 9.17) is 0 Å². The molecule has 0 atom stereocenters. The molecule has 0 radical (unpaired) electrons. The second kappa shape index (κ2) is 3.69. The van der Waals surface area contributed by atoms with E-state index in [-0.39, 0.29) is 5.69 Å². The molecule has 0 fully saturated rings. The lowest BCUT2D eigenvalue weighted by Gasteiger charge is -2.05. The molecule has 0 amide bonds. The lowest BCUT2D eigenvalue weighted by Crippen LogP contribution is -2.16. The van der Waals surface area contributed by atoms with Crippen LogP contribution in [0.3, 0.4) is 0 Å². The summed E-state index contributed by atoms with van der Waals surface area (Å²) in [4.78, 5) is 14.3. The van der Waals surface area contributed by atoms with E-state index in [1.807, 2.05) is 0 Å². The average Bonchev–Trinajstić information content (AvgIpc) is 2.48. The van der Waals surface area contributed by atoms with E-state index in [1.165, 1.54) is 0 Å². The Morgan fingerprint density at radius 1 is 1.64 bits per heavy atom. The fourth-order valence-corrected chi connectivity index (χ4v) is 0.864. The van der Waals surface area contributed by atoms with Gasteiger partial charge in [0.25, 0.3) is 0 Å². The first kappa shape index (κ1) is 10.6. The van der Waals surface area contributed by atoms with E-state index in [0.717, 1.165) is 24.2 Å². The molecule has 0 aliphatic carbocycles. The van der Waals surface area contributed by atoms with Gasteiger partial charge in [0.2, 0.25) is 0 Å². The molecule has 1 aromatic rings. The third kappa shape index (κ3) is 2.75. The molecule has 0 unspecified atom stereocenters. The van der Waals surface area contributed by atoms with Gasteiger partial charge in [-0.1, -0.05) is 0 Å². The van der Waals surface area contributed by atoms with Crippen LogP contribution in [0.4, 0.5) is 13.2 Å². The fourth-order valence-electron chi connectivity index (χ4n) is 0.864. The number of alkyl halides is 3. The number of rotatable bonds is 2. The lowest BCUT2D eigenvalue weighted by atomic mass is 10.5. The summed E-state index contributed by atoms with van der Waals surface area (Å²) < 4.78 is 40.7. The molecule has 14 heavy (non-hydrogen) atoms. The number of ether oxygens (including phenoxy) is 1. The molecule has 0 spiro atoms. The first-order chi connectivity index (χ1) is 6.42. The van der Waals surface area contributed by atoms with Gasteiger partial charge in [-0.15, -0.1) is 0 Å². The van der Waals surface area contributed by atoms with Crippen molar-refractivity contribution < 1.29 is 22.7 Å². The Bertz CT molecular complexity index is 332. The Morgan fingerprint density at radius 3 is 2.79 bits per heavy atom. The third-order valence-corrected chi connectivity index (χ3v) is 1.39. The topological polar surface area (TPSA) is 44.1 Å². The van der Waals surface area contributed by atoms with E-state index in [9.17, 15) is 18.0 Å². The molecule has 0 saturated heterocycles. The number of hydrogen-bond acceptors (Lipinski definition) is 3. The highest BCUT2D eigenvalue weighted by atomic mass is 19.4. The fraction of sp³-hybridized carbons (Fsp3) is 0.429. The molecule has 1 rings (SSSR count). The monoisotopic (exact) mass is 208 g/mol. The summed E-state index contributed by atoms with van der Waals surface area (Å²) in [5.74, 6) is -0.758. The minimum atomic E-state index is -4.33. The number of carbonyl (C=O) groups excluding carboxylic acids is 1. The summed E-state index contributed by atoms with van der Waals surface area (Å²) in [6.45, 7) is -1.17. The van der Waals surface area contributed by atoms with Gasteiger partial charge in [-0.3, -0.25) is 0 Å². The van der Waals surface area contributed by atoms with Crippen molar-refractivity contribution in [2.45, 2.75) is 12.7 Å². The molecule has 4 nitrogen and oxygen atoms in total. The molecule has 0 saturated carbocycles. The van der Waals surface area contributed by atoms with Crippen molar-refractivity contribution in [3.05, 3.63) is 18.2 Å². The average molecular weight is 208 g/mol. The van der Waals surface area contributed by atoms with Crippen molar-refractivity contribution in [1.82, 2.24) is 9.55 Å². The molecule has 1 heterocycles. The SMILES string of the molecule is COC(=O)c1cn(CC(F)(F)F)cn1. The molecule has 0 aliphatic rings. The van der Waals surface area contributed by atoms with Crippen LogP contribution in [-0.4, -0.2) is 28.8 Å². The molecule has 0 aromatic carbocycles. The van der Waals surface area contributed by atoms with Crippen molar-refractivity contribution >= 4 is 5.97 Å². The zero-order valence-corrected chi connectivity index (χ0v) is 7.21. The molecular weight excluding hydrogens is 201 g/mol. The van der Waals surface area contributed by atoms with Gasteiger partial charge in [0.15, 0.2) is 5.69 Å². The number of methoxy groups -OCH3 is 1. The van der Waals surface area contributed by atoms with Crippen LogP contribution in [0.2, 0.25) is 0 Å². The van der Waals surface area contributed by atoms with Gasteiger partial charge < -0.3 is 9.30 Å². The van der Waals surface area contributed by atoms with Crippen molar-refractivity contribution in [3.8, 4) is 0 Å². The maximum absolute atomic E-state index is 11.9. The van der Waals surface area contributed by atoms with Crippen LogP contribution in [0.15, 0.2) is 12.5 Å². The van der Waals surface area contributed by atoms with Crippen molar-refractivity contribution in [2.75, 3.05) is 7.11 Å². The van der Waals surface area contributed by atoms with Crippen LogP contribution in [0, 0.1) is 0 Å². The zero-order chi connectivity index (χ0) is 10.8. The van der Waals surface area contributed by atoms with Crippen LogP contribution in [0.25, 0.3) is 0 Å². The van der Waals surface area contributed by atoms with Crippen molar-refractivity contribution in [2.24, 2.45) is 0 Å². The first-order valence-electron chi connectivity index (χ1n) is 3.59. The highest BCUT2D eigenvalue weighted by Gasteiger charge is 2.28. The Balaban J connectivity index is 2.74. The van der Waals surface area contributed by atoms with Gasteiger partial charge in [-0.05, 0) is 0 Å². The second-order valence-electron chi connectivity index (χ2n) is 2.54. The number of imidazole rings is 1. The summed E-state index contributed by atoms with van der Waals surface area (Å²) in [5.41, 5.74) is -0.142. The van der Waals surface area contributed by atoms with E-state index in [2.05, 4.69) is 9.72 Å². The smallest absolute Gasteiger partial charge is 0.406 e. The number of nitrogens with zero attached hydrogens (tertiary/aromatic N) is 2. The summed E-state index contributed by atoms with van der Waals surface area (Å²) in [6.07, 6.45) is -2.41. The maximum atomic E-state index is 11.9. The van der Waals surface area contributed by atoms with Crippen LogP contribution >= 0.6 is 0 Å². The van der Waals surface area contributed by atoms with Gasteiger partial charge in [-0.25, -0.2) is 9.78 Å². The van der Waals surface area contributed by atoms with Gasteiger partial charge in [0, 0.05) is 6.20 Å². The molecular formula is C7H7F3N2O2. The Morgan fingerprint density at radius 2 is 2.29 bits per heavy atom. The quantitative estimate of drug-likeness (QED) is 0.686. The van der Waals surface area contributed by atoms with Crippen LogP contribution in [0.1, 0.15) is 10.5 Å². The molecule has 7 heteroatoms. The standard InChI is InChI=1S/C7H7F3N2O2/c1-14-6(13)5-2-12(4-11-5)3-7(8,9)10/h2,4H,3H2,1H3. The second-order valence-corrected chi connectivity index (χ2v) is 2.54. The number of esters is 1. The van der Waals surface area contributed by atoms with Crippen molar-refractivity contribution in [3.63, 3.8) is 0 Å². The maximum Gasteiger partial charge on any atom is 0.406 e. The van der Waals surface area contributed by atoms with E-state index in [0.29, 0.717) is 0 Å². The van der Waals surface area contributed by atoms with E-state index in [1.54, 1.807) is 0 Å².